The van der Waals surface area contributed by atoms with E-state index < -0.39 is 0 Å². The number of rotatable bonds is 3. The molecule has 1 aromatic rings. The zero-order chi connectivity index (χ0) is 14.0. The van der Waals surface area contributed by atoms with Crippen molar-refractivity contribution in [3.8, 4) is 0 Å². The molecule has 106 valence electrons. The molecule has 1 aromatic carbocycles. The van der Waals surface area contributed by atoms with Gasteiger partial charge in [-0.2, -0.15) is 0 Å². The summed E-state index contributed by atoms with van der Waals surface area (Å²) in [6.07, 6.45) is 1.16. The van der Waals surface area contributed by atoms with Crippen LogP contribution in [-0.4, -0.2) is 38.1 Å². The highest BCUT2D eigenvalue weighted by Gasteiger charge is 2.26. The Morgan fingerprint density at radius 2 is 1.84 bits per heavy atom. The largest absolute Gasteiger partial charge is 0.378 e. The Morgan fingerprint density at radius 3 is 2.37 bits per heavy atom. The van der Waals surface area contributed by atoms with Crippen molar-refractivity contribution in [2.75, 3.05) is 32.1 Å². The molecule has 3 heteroatoms. The van der Waals surface area contributed by atoms with Crippen molar-refractivity contribution in [3.05, 3.63) is 29.8 Å². The van der Waals surface area contributed by atoms with E-state index in [1.807, 2.05) is 0 Å². The van der Waals surface area contributed by atoms with Crippen molar-refractivity contribution in [1.29, 1.82) is 0 Å². The highest BCUT2D eigenvalue weighted by molar-refractivity contribution is 5.46. The summed E-state index contributed by atoms with van der Waals surface area (Å²) in [5.41, 5.74) is 8.78. The molecule has 3 atom stereocenters. The van der Waals surface area contributed by atoms with Gasteiger partial charge in [0, 0.05) is 45.0 Å². The molecule has 0 spiro atoms. The molecule has 0 aliphatic carbocycles. The summed E-state index contributed by atoms with van der Waals surface area (Å²) in [4.78, 5) is 4.65. The monoisotopic (exact) mass is 261 g/mol. The number of anilines is 1. The van der Waals surface area contributed by atoms with Crippen LogP contribution in [-0.2, 0) is 0 Å². The van der Waals surface area contributed by atoms with E-state index >= 15 is 0 Å². The van der Waals surface area contributed by atoms with Crippen molar-refractivity contribution in [2.45, 2.75) is 32.4 Å². The molecule has 2 N–H and O–H groups in total. The molecule has 2 rings (SSSR count). The molecule has 19 heavy (non-hydrogen) atoms. The average molecular weight is 261 g/mol. The zero-order valence-corrected chi connectivity index (χ0v) is 12.6. The maximum atomic E-state index is 6.15. The molecule has 0 bridgehead atoms. The van der Waals surface area contributed by atoms with Crippen LogP contribution in [0.4, 0.5) is 5.69 Å². The molecule has 0 radical (unpaired) electrons. The van der Waals surface area contributed by atoms with Crippen LogP contribution in [0.1, 0.15) is 31.9 Å². The molecule has 1 saturated heterocycles. The van der Waals surface area contributed by atoms with E-state index in [0.717, 1.165) is 19.5 Å². The van der Waals surface area contributed by atoms with E-state index in [1.165, 1.54) is 11.3 Å². The summed E-state index contributed by atoms with van der Waals surface area (Å²) >= 11 is 0. The fraction of sp³-hybridized carbons (Fsp3) is 0.625. The maximum Gasteiger partial charge on any atom is 0.0361 e. The number of hydrogen-bond donors (Lipinski definition) is 1. The summed E-state index contributed by atoms with van der Waals surface area (Å²) < 4.78 is 0. The summed E-state index contributed by atoms with van der Waals surface area (Å²) in [5, 5.41) is 0. The average Bonchev–Trinajstić information content (AvgIpc) is 2.37. The van der Waals surface area contributed by atoms with E-state index in [9.17, 15) is 0 Å². The van der Waals surface area contributed by atoms with Crippen molar-refractivity contribution >= 4 is 5.69 Å². The lowest BCUT2D eigenvalue weighted by Crippen LogP contribution is -2.47. The fourth-order valence-electron chi connectivity index (χ4n) is 3.02. The van der Waals surface area contributed by atoms with Crippen LogP contribution in [0.25, 0.3) is 0 Å². The first-order valence-corrected chi connectivity index (χ1v) is 7.24. The Morgan fingerprint density at radius 1 is 1.21 bits per heavy atom. The third kappa shape index (κ3) is 3.48. The van der Waals surface area contributed by atoms with Gasteiger partial charge in [-0.1, -0.05) is 19.1 Å². The third-order valence-corrected chi connectivity index (χ3v) is 4.16. The number of likely N-dealkylation sites (tertiary alicyclic amines) is 1. The fourth-order valence-corrected chi connectivity index (χ4v) is 3.02. The summed E-state index contributed by atoms with van der Waals surface area (Å²) in [5.74, 6) is 0.701. The first-order valence-electron chi connectivity index (χ1n) is 7.24. The Balaban J connectivity index is 2.08. The van der Waals surface area contributed by atoms with E-state index in [2.05, 4.69) is 62.0 Å². The number of hydrogen-bond acceptors (Lipinski definition) is 3. The number of nitrogens with zero attached hydrogens (tertiary/aromatic N) is 2. The van der Waals surface area contributed by atoms with Crippen LogP contribution < -0.4 is 10.6 Å². The van der Waals surface area contributed by atoms with Gasteiger partial charge in [-0.25, -0.2) is 0 Å². The highest BCUT2D eigenvalue weighted by Crippen LogP contribution is 2.27. The standard InChI is InChI=1S/C16H27N3/c1-12-9-15(17)11-19(10-12)13(2)14-5-7-16(8-6-14)18(3)4/h5-8,12-13,15H,9-11,17H2,1-4H3. The normalized spacial score (nSPS) is 26.2. The number of benzene rings is 1. The van der Waals surface area contributed by atoms with Gasteiger partial charge in [-0.05, 0) is 37.0 Å². The predicted molar refractivity (Wildman–Crippen MR) is 82.5 cm³/mol. The van der Waals surface area contributed by atoms with E-state index in [1.54, 1.807) is 0 Å². The first-order chi connectivity index (χ1) is 8.97. The SMILES string of the molecule is CC1CC(N)CN(C(C)c2ccc(N(C)C)cc2)C1. The minimum Gasteiger partial charge on any atom is -0.378 e. The Hall–Kier alpha value is -1.06. The van der Waals surface area contributed by atoms with Crippen molar-refractivity contribution in [2.24, 2.45) is 11.7 Å². The van der Waals surface area contributed by atoms with Crippen LogP contribution >= 0.6 is 0 Å². The Kier molecular flexibility index (Phi) is 4.48. The molecule has 1 aliphatic heterocycles. The van der Waals surface area contributed by atoms with Gasteiger partial charge in [0.1, 0.15) is 0 Å². The second kappa shape index (κ2) is 5.93. The lowest BCUT2D eigenvalue weighted by atomic mass is 9.94. The summed E-state index contributed by atoms with van der Waals surface area (Å²) in [6, 6.07) is 9.64. The van der Waals surface area contributed by atoms with E-state index in [0.29, 0.717) is 18.0 Å². The molecule has 1 heterocycles. The molecule has 0 amide bonds. The van der Waals surface area contributed by atoms with Crippen LogP contribution in [0.2, 0.25) is 0 Å². The van der Waals surface area contributed by atoms with Crippen molar-refractivity contribution in [1.82, 2.24) is 4.90 Å². The third-order valence-electron chi connectivity index (χ3n) is 4.16. The zero-order valence-electron chi connectivity index (χ0n) is 12.6. The van der Waals surface area contributed by atoms with Gasteiger partial charge in [0.15, 0.2) is 0 Å². The van der Waals surface area contributed by atoms with E-state index in [4.69, 9.17) is 5.73 Å². The van der Waals surface area contributed by atoms with Gasteiger partial charge < -0.3 is 10.6 Å². The Labute approximate surface area is 117 Å². The highest BCUT2D eigenvalue weighted by atomic mass is 15.2. The first kappa shape index (κ1) is 14.4. The van der Waals surface area contributed by atoms with Crippen LogP contribution in [0.5, 0.6) is 0 Å². The molecular formula is C16H27N3. The lowest BCUT2D eigenvalue weighted by Gasteiger charge is -2.38. The summed E-state index contributed by atoms with van der Waals surface area (Å²) in [7, 11) is 4.15. The second-order valence-electron chi connectivity index (χ2n) is 6.22. The molecule has 0 saturated carbocycles. The maximum absolute atomic E-state index is 6.15. The van der Waals surface area contributed by atoms with Gasteiger partial charge in [-0.3, -0.25) is 4.90 Å². The number of piperidine rings is 1. The lowest BCUT2D eigenvalue weighted by molar-refractivity contribution is 0.124. The van der Waals surface area contributed by atoms with E-state index in [-0.39, 0.29) is 0 Å². The van der Waals surface area contributed by atoms with Gasteiger partial charge in [0.2, 0.25) is 0 Å². The van der Waals surface area contributed by atoms with Gasteiger partial charge in [0.05, 0.1) is 0 Å². The summed E-state index contributed by atoms with van der Waals surface area (Å²) in [6.45, 7) is 6.76. The Bertz CT molecular complexity index is 389. The molecule has 1 aliphatic rings. The molecule has 3 unspecified atom stereocenters. The van der Waals surface area contributed by atoms with Crippen molar-refractivity contribution < 1.29 is 0 Å². The minimum absolute atomic E-state index is 0.326. The van der Waals surface area contributed by atoms with Crippen LogP contribution in [0.3, 0.4) is 0 Å². The predicted octanol–water partition coefficient (Wildman–Crippen LogP) is 2.48. The van der Waals surface area contributed by atoms with Gasteiger partial charge in [-0.15, -0.1) is 0 Å². The minimum atomic E-state index is 0.326. The van der Waals surface area contributed by atoms with Gasteiger partial charge >= 0.3 is 0 Å². The topological polar surface area (TPSA) is 32.5 Å². The quantitative estimate of drug-likeness (QED) is 0.907. The smallest absolute Gasteiger partial charge is 0.0361 e. The van der Waals surface area contributed by atoms with Crippen LogP contribution in [0.15, 0.2) is 24.3 Å². The molecule has 3 nitrogen and oxygen atoms in total. The second-order valence-corrected chi connectivity index (χ2v) is 6.22. The van der Waals surface area contributed by atoms with Crippen molar-refractivity contribution in [3.63, 3.8) is 0 Å². The molecule has 1 fully saturated rings. The van der Waals surface area contributed by atoms with Crippen LogP contribution in [0, 0.1) is 5.92 Å². The molecule has 0 aromatic heterocycles. The van der Waals surface area contributed by atoms with Gasteiger partial charge in [0.25, 0.3) is 0 Å². The molecular weight excluding hydrogens is 234 g/mol. The number of nitrogens with two attached hydrogens (primary N) is 1.